The van der Waals surface area contributed by atoms with Crippen molar-refractivity contribution in [2.45, 2.75) is 19.4 Å². The van der Waals surface area contributed by atoms with Crippen LogP contribution in [0.5, 0.6) is 5.06 Å². The second kappa shape index (κ2) is 8.06. The quantitative estimate of drug-likeness (QED) is 0.749. The second-order valence-electron chi connectivity index (χ2n) is 3.43. The summed E-state index contributed by atoms with van der Waals surface area (Å²) >= 11 is 5.13. The number of methoxy groups -OCH3 is 2. The largest absolute Gasteiger partial charge is 0.486 e. The third-order valence-electron chi connectivity index (χ3n) is 2.14. The lowest BCUT2D eigenvalue weighted by molar-refractivity contribution is 0.192. The molecule has 5 heteroatoms. The molecule has 0 aliphatic heterocycles. The molecular formula is C11H18BrNO2S. The fourth-order valence-electron chi connectivity index (χ4n) is 1.33. The van der Waals surface area contributed by atoms with Crippen LogP contribution in [0.15, 0.2) is 10.5 Å². The van der Waals surface area contributed by atoms with Crippen LogP contribution in [0.1, 0.15) is 17.7 Å². The zero-order valence-electron chi connectivity index (χ0n) is 9.72. The molecule has 0 fully saturated rings. The summed E-state index contributed by atoms with van der Waals surface area (Å²) in [6, 6.07) is 2.10. The van der Waals surface area contributed by atoms with E-state index in [0.717, 1.165) is 42.1 Å². The second-order valence-corrected chi connectivity index (χ2v) is 5.38. The summed E-state index contributed by atoms with van der Waals surface area (Å²) in [4.78, 5) is 1.29. The van der Waals surface area contributed by atoms with Crippen LogP contribution in [0.25, 0.3) is 0 Å². The Kier molecular flexibility index (Phi) is 7.03. The lowest BCUT2D eigenvalue weighted by atomic mass is 10.3. The molecule has 0 atom stereocenters. The first-order chi connectivity index (χ1) is 7.77. The maximum Gasteiger partial charge on any atom is 0.188 e. The van der Waals surface area contributed by atoms with Gasteiger partial charge in [0.25, 0.3) is 0 Å². The topological polar surface area (TPSA) is 30.5 Å². The van der Waals surface area contributed by atoms with Gasteiger partial charge in [-0.05, 0) is 41.4 Å². The van der Waals surface area contributed by atoms with Crippen LogP contribution in [0, 0.1) is 0 Å². The average Bonchev–Trinajstić information content (AvgIpc) is 2.64. The van der Waals surface area contributed by atoms with Crippen LogP contribution in [0.3, 0.4) is 0 Å². The van der Waals surface area contributed by atoms with E-state index in [-0.39, 0.29) is 0 Å². The zero-order chi connectivity index (χ0) is 11.8. The van der Waals surface area contributed by atoms with Crippen molar-refractivity contribution in [1.29, 1.82) is 0 Å². The normalized spacial score (nSPS) is 10.7. The summed E-state index contributed by atoms with van der Waals surface area (Å²) in [6.07, 6.45) is 2.26. The number of ether oxygens (including phenoxy) is 2. The van der Waals surface area contributed by atoms with E-state index in [2.05, 4.69) is 27.3 Å². The predicted molar refractivity (Wildman–Crippen MR) is 71.4 cm³/mol. The number of hydrogen-bond acceptors (Lipinski definition) is 4. The van der Waals surface area contributed by atoms with Crippen molar-refractivity contribution >= 4 is 27.3 Å². The fourth-order valence-corrected chi connectivity index (χ4v) is 2.99. The van der Waals surface area contributed by atoms with Crippen molar-refractivity contribution in [3.8, 4) is 5.06 Å². The molecule has 0 aliphatic carbocycles. The molecule has 0 aliphatic rings. The van der Waals surface area contributed by atoms with E-state index >= 15 is 0 Å². The van der Waals surface area contributed by atoms with Gasteiger partial charge in [-0.15, -0.1) is 11.3 Å². The predicted octanol–water partition coefficient (Wildman–Crippen LogP) is 3.04. The minimum atomic E-state index is 0.847. The lowest BCUT2D eigenvalue weighted by Crippen LogP contribution is -2.14. The Bertz CT molecular complexity index is 304. The van der Waals surface area contributed by atoms with Gasteiger partial charge in [0.15, 0.2) is 5.06 Å². The third-order valence-corrected chi connectivity index (χ3v) is 4.09. The van der Waals surface area contributed by atoms with Gasteiger partial charge in [0.2, 0.25) is 0 Å². The molecule has 0 amide bonds. The first-order valence-corrected chi connectivity index (χ1v) is 6.90. The molecule has 1 heterocycles. The number of thiophene rings is 1. The highest BCUT2D eigenvalue weighted by Crippen LogP contribution is 2.34. The summed E-state index contributed by atoms with van der Waals surface area (Å²) in [6.45, 7) is 2.78. The average molecular weight is 308 g/mol. The summed E-state index contributed by atoms with van der Waals surface area (Å²) in [7, 11) is 3.43. The minimum Gasteiger partial charge on any atom is -0.486 e. The maximum atomic E-state index is 5.21. The molecule has 1 rings (SSSR count). The molecule has 0 radical (unpaired) electrons. The van der Waals surface area contributed by atoms with Crippen LogP contribution in [-0.2, 0) is 11.3 Å². The van der Waals surface area contributed by atoms with E-state index in [1.54, 1.807) is 25.6 Å². The zero-order valence-corrected chi connectivity index (χ0v) is 12.1. The molecule has 0 unspecified atom stereocenters. The van der Waals surface area contributed by atoms with Gasteiger partial charge >= 0.3 is 0 Å². The van der Waals surface area contributed by atoms with Gasteiger partial charge in [0.05, 0.1) is 11.6 Å². The first kappa shape index (κ1) is 14.0. The lowest BCUT2D eigenvalue weighted by Gasteiger charge is -2.02. The highest BCUT2D eigenvalue weighted by atomic mass is 79.9. The van der Waals surface area contributed by atoms with Crippen LogP contribution in [0.2, 0.25) is 0 Å². The van der Waals surface area contributed by atoms with Gasteiger partial charge in [-0.1, -0.05) is 0 Å². The molecule has 92 valence electrons. The highest BCUT2D eigenvalue weighted by Gasteiger charge is 2.05. The number of halogens is 1. The van der Waals surface area contributed by atoms with E-state index in [4.69, 9.17) is 9.47 Å². The summed E-state index contributed by atoms with van der Waals surface area (Å²) in [5.41, 5.74) is 0. The van der Waals surface area contributed by atoms with Crippen LogP contribution < -0.4 is 10.1 Å². The van der Waals surface area contributed by atoms with Crippen LogP contribution in [-0.4, -0.2) is 27.4 Å². The Balaban J connectivity index is 2.16. The molecule has 0 spiro atoms. The maximum absolute atomic E-state index is 5.21. The van der Waals surface area contributed by atoms with Gasteiger partial charge in [-0.2, -0.15) is 0 Å². The summed E-state index contributed by atoms with van der Waals surface area (Å²) in [5, 5.41) is 4.34. The van der Waals surface area contributed by atoms with Gasteiger partial charge in [0.1, 0.15) is 0 Å². The Morgan fingerprint density at radius 1 is 1.38 bits per heavy atom. The van der Waals surface area contributed by atoms with Crippen LogP contribution >= 0.6 is 27.3 Å². The molecule has 1 aromatic heterocycles. The van der Waals surface area contributed by atoms with E-state index < -0.39 is 0 Å². The Morgan fingerprint density at radius 2 is 2.19 bits per heavy atom. The van der Waals surface area contributed by atoms with Crippen molar-refractivity contribution in [3.63, 3.8) is 0 Å². The number of nitrogens with one attached hydrogen (secondary N) is 1. The molecular weight excluding hydrogens is 290 g/mol. The Hall–Kier alpha value is -0.100. The molecule has 0 aromatic carbocycles. The van der Waals surface area contributed by atoms with Gasteiger partial charge in [-0.3, -0.25) is 0 Å². The Morgan fingerprint density at radius 3 is 2.81 bits per heavy atom. The highest BCUT2D eigenvalue weighted by molar-refractivity contribution is 9.10. The molecule has 1 N–H and O–H groups in total. The van der Waals surface area contributed by atoms with E-state index in [1.165, 1.54) is 4.88 Å². The molecule has 16 heavy (non-hydrogen) atoms. The summed E-state index contributed by atoms with van der Waals surface area (Å²) < 4.78 is 11.2. The van der Waals surface area contributed by atoms with Gasteiger partial charge in [-0.25, -0.2) is 0 Å². The van der Waals surface area contributed by atoms with E-state index in [0.29, 0.717) is 0 Å². The molecule has 0 bridgehead atoms. The number of hydrogen-bond donors (Lipinski definition) is 1. The molecule has 0 saturated carbocycles. The van der Waals surface area contributed by atoms with Crippen molar-refractivity contribution in [1.82, 2.24) is 5.32 Å². The van der Waals surface area contributed by atoms with Crippen molar-refractivity contribution in [2.75, 3.05) is 27.4 Å². The standard InChI is InChI=1S/C11H18BrNO2S/c1-14-6-4-3-5-13-8-9-7-10(12)11(15-2)16-9/h7,13H,3-6,8H2,1-2H3. The smallest absolute Gasteiger partial charge is 0.188 e. The Labute approximate surface area is 109 Å². The molecule has 3 nitrogen and oxygen atoms in total. The molecule has 0 saturated heterocycles. The van der Waals surface area contributed by atoms with Crippen LogP contribution in [0.4, 0.5) is 0 Å². The first-order valence-electron chi connectivity index (χ1n) is 5.29. The van der Waals surface area contributed by atoms with Crippen molar-refractivity contribution in [3.05, 3.63) is 15.4 Å². The van der Waals surface area contributed by atoms with E-state index in [9.17, 15) is 0 Å². The summed E-state index contributed by atoms with van der Waals surface area (Å²) in [5.74, 6) is 0. The number of rotatable bonds is 8. The van der Waals surface area contributed by atoms with Crippen molar-refractivity contribution in [2.24, 2.45) is 0 Å². The van der Waals surface area contributed by atoms with Gasteiger partial charge < -0.3 is 14.8 Å². The van der Waals surface area contributed by atoms with Crippen molar-refractivity contribution < 1.29 is 9.47 Å². The number of unbranched alkanes of at least 4 members (excludes halogenated alkanes) is 1. The minimum absolute atomic E-state index is 0.847. The third kappa shape index (κ3) is 4.82. The SMILES string of the molecule is COCCCCNCc1cc(Br)c(OC)s1. The van der Waals surface area contributed by atoms with Gasteiger partial charge in [0, 0.05) is 25.1 Å². The molecule has 1 aromatic rings. The monoisotopic (exact) mass is 307 g/mol. The van der Waals surface area contributed by atoms with E-state index in [1.807, 2.05) is 0 Å². The fraction of sp³-hybridized carbons (Fsp3) is 0.636.